The van der Waals surface area contributed by atoms with Crippen molar-refractivity contribution in [1.29, 1.82) is 0 Å². The highest BCUT2D eigenvalue weighted by Crippen LogP contribution is 2.31. The van der Waals surface area contributed by atoms with Crippen molar-refractivity contribution in [2.75, 3.05) is 20.6 Å². The maximum Gasteiger partial charge on any atom is 0.225 e. The van der Waals surface area contributed by atoms with Crippen LogP contribution in [0, 0.1) is 11.3 Å². The Labute approximate surface area is 166 Å². The van der Waals surface area contributed by atoms with Gasteiger partial charge >= 0.3 is 0 Å². The molecule has 2 amide bonds. The van der Waals surface area contributed by atoms with Crippen molar-refractivity contribution < 1.29 is 9.59 Å². The standard InChI is InChI=1S/C22H41N3O2/c1-21(2,3)20(27)24-18-12-10-11-17(15-18)19(26)23-16-22(25(4)5)13-8-6-7-9-14-22/h17-18H,6-16H2,1-5H3,(H,23,26)(H,24,27). The summed E-state index contributed by atoms with van der Waals surface area (Å²) in [5, 5.41) is 6.44. The van der Waals surface area contributed by atoms with Crippen LogP contribution in [-0.4, -0.2) is 48.9 Å². The minimum absolute atomic E-state index is 0.0222. The third-order valence-electron chi connectivity index (χ3n) is 6.64. The molecule has 0 aliphatic heterocycles. The van der Waals surface area contributed by atoms with Crippen LogP contribution in [0.15, 0.2) is 0 Å². The number of carbonyl (C=O) groups is 2. The van der Waals surface area contributed by atoms with Crippen LogP contribution in [0.5, 0.6) is 0 Å². The molecule has 2 aliphatic carbocycles. The first-order chi connectivity index (χ1) is 12.6. The number of amides is 2. The van der Waals surface area contributed by atoms with E-state index in [-0.39, 0.29) is 34.7 Å². The molecule has 2 saturated carbocycles. The molecule has 2 atom stereocenters. The summed E-state index contributed by atoms with van der Waals surface area (Å²) in [7, 11) is 4.30. The monoisotopic (exact) mass is 379 g/mol. The van der Waals surface area contributed by atoms with Crippen LogP contribution < -0.4 is 10.6 Å². The van der Waals surface area contributed by atoms with Crippen molar-refractivity contribution in [3.05, 3.63) is 0 Å². The van der Waals surface area contributed by atoms with Crippen LogP contribution in [0.4, 0.5) is 0 Å². The summed E-state index contributed by atoms with van der Waals surface area (Å²) < 4.78 is 0. The van der Waals surface area contributed by atoms with E-state index in [1.165, 1.54) is 25.7 Å². The largest absolute Gasteiger partial charge is 0.354 e. The van der Waals surface area contributed by atoms with Gasteiger partial charge in [-0.3, -0.25) is 9.59 Å². The van der Waals surface area contributed by atoms with Crippen molar-refractivity contribution in [1.82, 2.24) is 15.5 Å². The Bertz CT molecular complexity index is 502. The summed E-state index contributed by atoms with van der Waals surface area (Å²) in [4.78, 5) is 27.5. The SMILES string of the molecule is CN(C)C1(CNC(=O)C2CCCC(NC(=O)C(C)(C)C)C2)CCCCCC1. The Morgan fingerprint density at radius 3 is 2.19 bits per heavy atom. The van der Waals surface area contributed by atoms with Gasteiger partial charge in [-0.2, -0.15) is 0 Å². The van der Waals surface area contributed by atoms with Gasteiger partial charge in [-0.1, -0.05) is 52.9 Å². The molecular formula is C22H41N3O2. The van der Waals surface area contributed by atoms with Gasteiger partial charge in [-0.15, -0.1) is 0 Å². The normalized spacial score (nSPS) is 26.3. The molecule has 2 fully saturated rings. The Hall–Kier alpha value is -1.10. The number of rotatable bonds is 5. The van der Waals surface area contributed by atoms with E-state index < -0.39 is 0 Å². The summed E-state index contributed by atoms with van der Waals surface area (Å²) in [6.45, 7) is 6.54. The maximum absolute atomic E-state index is 12.9. The molecule has 0 bridgehead atoms. The van der Waals surface area contributed by atoms with Gasteiger partial charge in [-0.25, -0.2) is 0 Å². The summed E-state index contributed by atoms with van der Waals surface area (Å²) >= 11 is 0. The topological polar surface area (TPSA) is 61.4 Å². The molecule has 5 heteroatoms. The molecule has 0 aromatic rings. The molecule has 2 aliphatic rings. The average molecular weight is 380 g/mol. The second kappa shape index (κ2) is 9.40. The number of hydrogen-bond acceptors (Lipinski definition) is 3. The van der Waals surface area contributed by atoms with E-state index in [0.29, 0.717) is 0 Å². The molecule has 0 radical (unpaired) electrons. The predicted octanol–water partition coefficient (Wildman–Crippen LogP) is 3.48. The smallest absolute Gasteiger partial charge is 0.225 e. The number of nitrogens with one attached hydrogen (secondary N) is 2. The van der Waals surface area contributed by atoms with Gasteiger partial charge in [0.1, 0.15) is 0 Å². The number of hydrogen-bond donors (Lipinski definition) is 2. The summed E-state index contributed by atoms with van der Waals surface area (Å²) in [6, 6.07) is 0.127. The minimum Gasteiger partial charge on any atom is -0.354 e. The van der Waals surface area contributed by atoms with Gasteiger partial charge < -0.3 is 15.5 Å². The molecule has 27 heavy (non-hydrogen) atoms. The van der Waals surface area contributed by atoms with Gasteiger partial charge in [0.05, 0.1) is 0 Å². The highest BCUT2D eigenvalue weighted by atomic mass is 16.2. The van der Waals surface area contributed by atoms with Gasteiger partial charge in [0.2, 0.25) is 11.8 Å². The van der Waals surface area contributed by atoms with Crippen molar-refractivity contribution >= 4 is 11.8 Å². The van der Waals surface area contributed by atoms with Gasteiger partial charge in [-0.05, 0) is 46.2 Å². The molecule has 156 valence electrons. The molecule has 0 aromatic carbocycles. The number of carbonyl (C=O) groups excluding carboxylic acids is 2. The van der Waals surface area contributed by atoms with Crippen LogP contribution >= 0.6 is 0 Å². The Morgan fingerprint density at radius 2 is 1.63 bits per heavy atom. The second-order valence-electron chi connectivity index (χ2n) is 10.0. The van der Waals surface area contributed by atoms with E-state index in [4.69, 9.17) is 0 Å². The lowest BCUT2D eigenvalue weighted by atomic mass is 9.83. The van der Waals surface area contributed by atoms with Crippen molar-refractivity contribution in [3.8, 4) is 0 Å². The molecule has 0 aromatic heterocycles. The van der Waals surface area contributed by atoms with E-state index in [9.17, 15) is 9.59 Å². The fourth-order valence-corrected chi connectivity index (χ4v) is 4.53. The molecule has 0 saturated heterocycles. The Balaban J connectivity index is 1.89. The van der Waals surface area contributed by atoms with Crippen LogP contribution in [-0.2, 0) is 9.59 Å². The van der Waals surface area contributed by atoms with E-state index in [1.807, 2.05) is 20.8 Å². The number of nitrogens with zero attached hydrogens (tertiary/aromatic N) is 1. The first-order valence-electron chi connectivity index (χ1n) is 10.9. The molecule has 5 nitrogen and oxygen atoms in total. The molecule has 0 heterocycles. The fourth-order valence-electron chi connectivity index (χ4n) is 4.53. The van der Waals surface area contributed by atoms with Gasteiger partial charge in [0.25, 0.3) is 0 Å². The van der Waals surface area contributed by atoms with Gasteiger partial charge in [0.15, 0.2) is 0 Å². The number of likely N-dealkylation sites (N-methyl/N-ethyl adjacent to an activating group) is 1. The highest BCUT2D eigenvalue weighted by molar-refractivity contribution is 5.82. The quantitative estimate of drug-likeness (QED) is 0.719. The van der Waals surface area contributed by atoms with E-state index in [1.54, 1.807) is 0 Å². The average Bonchev–Trinajstić information content (AvgIpc) is 2.85. The zero-order valence-corrected chi connectivity index (χ0v) is 18.2. The lowest BCUT2D eigenvalue weighted by Crippen LogP contribution is -2.54. The van der Waals surface area contributed by atoms with Crippen LogP contribution in [0.3, 0.4) is 0 Å². The first-order valence-corrected chi connectivity index (χ1v) is 10.9. The summed E-state index contributed by atoms with van der Waals surface area (Å²) in [5.74, 6) is 0.280. The van der Waals surface area contributed by atoms with Crippen LogP contribution in [0.2, 0.25) is 0 Å². The molecular weight excluding hydrogens is 338 g/mol. The van der Waals surface area contributed by atoms with Crippen LogP contribution in [0.1, 0.15) is 85.0 Å². The van der Waals surface area contributed by atoms with E-state index >= 15 is 0 Å². The van der Waals surface area contributed by atoms with E-state index in [0.717, 1.165) is 45.1 Å². The third-order valence-corrected chi connectivity index (χ3v) is 6.64. The first kappa shape index (κ1) is 22.2. The Morgan fingerprint density at radius 1 is 1.00 bits per heavy atom. The maximum atomic E-state index is 12.9. The van der Waals surface area contributed by atoms with Crippen molar-refractivity contribution in [2.24, 2.45) is 11.3 Å². The zero-order valence-electron chi connectivity index (χ0n) is 18.2. The highest BCUT2D eigenvalue weighted by Gasteiger charge is 2.35. The predicted molar refractivity (Wildman–Crippen MR) is 110 cm³/mol. The molecule has 2 rings (SSSR count). The summed E-state index contributed by atoms with van der Waals surface area (Å²) in [5.41, 5.74) is -0.284. The van der Waals surface area contributed by atoms with E-state index in [2.05, 4.69) is 29.6 Å². The molecule has 2 unspecified atom stereocenters. The molecule has 2 N–H and O–H groups in total. The van der Waals surface area contributed by atoms with Crippen LogP contribution in [0.25, 0.3) is 0 Å². The third kappa shape index (κ3) is 6.20. The lowest BCUT2D eigenvalue weighted by molar-refractivity contribution is -0.131. The van der Waals surface area contributed by atoms with Crippen molar-refractivity contribution in [3.63, 3.8) is 0 Å². The van der Waals surface area contributed by atoms with Crippen molar-refractivity contribution in [2.45, 2.75) is 96.6 Å². The Kier molecular flexibility index (Phi) is 7.73. The zero-order chi connectivity index (χ0) is 20.1. The summed E-state index contributed by atoms with van der Waals surface area (Å²) in [6.07, 6.45) is 11.1. The fraction of sp³-hybridized carbons (Fsp3) is 0.909. The minimum atomic E-state index is -0.382. The molecule has 0 spiro atoms. The van der Waals surface area contributed by atoms with Gasteiger partial charge in [0, 0.05) is 29.5 Å². The lowest BCUT2D eigenvalue weighted by Gasteiger charge is -2.40. The second-order valence-corrected chi connectivity index (χ2v) is 10.0.